The van der Waals surface area contributed by atoms with Crippen molar-refractivity contribution >= 4 is 61.0 Å². The number of nitrogens with one attached hydrogen (secondary N) is 4. The average molecular weight is 851 g/mol. The van der Waals surface area contributed by atoms with Crippen molar-refractivity contribution in [3.05, 3.63) is 78.5 Å². The van der Waals surface area contributed by atoms with E-state index in [0.29, 0.717) is 32.5 Å². The smallest absolute Gasteiger partial charge is 0.303 e. The molecule has 2 aromatic carbocycles. The van der Waals surface area contributed by atoms with Gasteiger partial charge in [-0.2, -0.15) is 0 Å². The predicted octanol–water partition coefficient (Wildman–Crippen LogP) is 6.38. The maximum Gasteiger partial charge on any atom is 0.303 e. The Hall–Kier alpha value is -5.03. The molecule has 4 atom stereocenters. The molecule has 5 N–H and O–H groups in total. The number of hydrogen-bond acceptors (Lipinski definition) is 6. The lowest BCUT2D eigenvalue weighted by Crippen LogP contribution is -2.54. The van der Waals surface area contributed by atoms with Gasteiger partial charge in [0.25, 0.3) is 0 Å². The van der Waals surface area contributed by atoms with Crippen molar-refractivity contribution in [2.24, 2.45) is 5.92 Å². The largest absolute Gasteiger partial charge is 0.481 e. The zero-order valence-corrected chi connectivity index (χ0v) is 38.3. The molecule has 3 rings (SSSR count). The maximum atomic E-state index is 13.7. The number of rotatable bonds is 24. The standard InChI is InChI=1S/C42H59N6O7P.2C2H6/c1-6-12-35(46-41(54)34(7-2)45-37(49)15-11-16-40(52)53)42(55)44-31(23-28(4)5)19-22-39(51)47(8-3)25-30-26-48(36-14-10-9-13-33(30)36)27-38(50)43-24-29-17-20-32(56)21-18-29;2*1-2/h6,9-10,13-14,17-18,20-21,26,28,31,34-35H,1,7-8,11-12,15-16,19,22-25,27,56H2,2-5H3,(H,43,50)(H,44,55)(H,45,49)(H,46,54)(H,52,53);2*1-2H3/t31?,34?,35-;;/m0../s1. The van der Waals surface area contributed by atoms with E-state index in [9.17, 15) is 28.8 Å². The van der Waals surface area contributed by atoms with Crippen LogP contribution in [0, 0.1) is 5.92 Å². The first-order chi connectivity index (χ1) is 28.7. The fraction of sp³-hybridized carbons (Fsp3) is 0.522. The number of carbonyl (C=O) groups is 6. The Morgan fingerprint density at radius 1 is 0.850 bits per heavy atom. The van der Waals surface area contributed by atoms with E-state index in [-0.39, 0.29) is 68.8 Å². The summed E-state index contributed by atoms with van der Waals surface area (Å²) in [5.41, 5.74) is 2.84. The van der Waals surface area contributed by atoms with Crippen molar-refractivity contribution in [1.82, 2.24) is 30.7 Å². The molecule has 3 aromatic rings. The molecule has 13 nitrogen and oxygen atoms in total. The highest BCUT2D eigenvalue weighted by atomic mass is 31.0. The van der Waals surface area contributed by atoms with E-state index in [1.807, 2.05) is 108 Å². The molecule has 5 amide bonds. The summed E-state index contributed by atoms with van der Waals surface area (Å²) in [5, 5.41) is 22.3. The molecule has 0 aliphatic rings. The maximum absolute atomic E-state index is 13.7. The number of nitrogens with zero attached hydrogens (tertiary/aromatic N) is 2. The molecule has 0 aliphatic carbocycles. The third-order valence-corrected chi connectivity index (χ3v) is 9.83. The Bertz CT molecular complexity index is 1810. The molecule has 0 radical (unpaired) electrons. The van der Waals surface area contributed by atoms with Gasteiger partial charge in [-0.1, -0.05) is 97.0 Å². The summed E-state index contributed by atoms with van der Waals surface area (Å²) in [6.07, 6.45) is 5.05. The van der Waals surface area contributed by atoms with Crippen molar-refractivity contribution in [3.8, 4) is 0 Å². The van der Waals surface area contributed by atoms with Crippen LogP contribution in [0.25, 0.3) is 10.9 Å². The van der Waals surface area contributed by atoms with Crippen LogP contribution in [-0.4, -0.2) is 74.7 Å². The molecule has 0 spiro atoms. The average Bonchev–Trinajstić information content (AvgIpc) is 3.57. The number of fused-ring (bicyclic) bond motifs is 1. The Balaban J connectivity index is 0.00000436. The Kier molecular flexibility index (Phi) is 25.8. The second-order valence-corrected chi connectivity index (χ2v) is 15.1. The number of carbonyl (C=O) groups excluding carboxylic acids is 5. The number of para-hydroxylation sites is 1. The van der Waals surface area contributed by atoms with Gasteiger partial charge in [0.05, 0.1) is 0 Å². The SMILES string of the molecule is C=CC[C@H](NC(=O)C(CC)NC(=O)CCCC(=O)O)C(=O)NC(CCC(=O)N(CC)Cc1cn(CC(=O)NCc2ccc(P)cc2)c2ccccc12)CC(C)C.CC.CC. The third-order valence-electron chi connectivity index (χ3n) is 9.45. The number of hydrogen-bond donors (Lipinski definition) is 5. The van der Waals surface area contributed by atoms with Gasteiger partial charge in [0.1, 0.15) is 18.6 Å². The molecule has 0 bridgehead atoms. The highest BCUT2D eigenvalue weighted by Crippen LogP contribution is 2.24. The highest BCUT2D eigenvalue weighted by molar-refractivity contribution is 7.27. The molecule has 0 fully saturated rings. The second kappa shape index (κ2) is 29.2. The first kappa shape index (κ1) is 53.0. The topological polar surface area (TPSA) is 179 Å². The van der Waals surface area contributed by atoms with Gasteiger partial charge >= 0.3 is 5.97 Å². The monoisotopic (exact) mass is 851 g/mol. The van der Waals surface area contributed by atoms with E-state index in [0.717, 1.165) is 27.3 Å². The normalized spacial score (nSPS) is 12.0. The molecule has 0 aliphatic heterocycles. The minimum Gasteiger partial charge on any atom is -0.481 e. The quantitative estimate of drug-likeness (QED) is 0.0513. The summed E-state index contributed by atoms with van der Waals surface area (Å²) < 4.78 is 1.91. The lowest BCUT2D eigenvalue weighted by molar-refractivity contribution is -0.137. The van der Waals surface area contributed by atoms with Crippen LogP contribution in [0.2, 0.25) is 0 Å². The zero-order valence-electron chi connectivity index (χ0n) is 37.1. The van der Waals surface area contributed by atoms with Gasteiger partial charge in [-0.3, -0.25) is 28.8 Å². The third kappa shape index (κ3) is 18.9. The fourth-order valence-corrected chi connectivity index (χ4v) is 6.67. The first-order valence-electron chi connectivity index (χ1n) is 21.4. The molecular weight excluding hydrogens is 780 g/mol. The summed E-state index contributed by atoms with van der Waals surface area (Å²) in [5.74, 6) is -2.36. The van der Waals surface area contributed by atoms with Crippen LogP contribution < -0.4 is 26.6 Å². The van der Waals surface area contributed by atoms with E-state index in [4.69, 9.17) is 5.11 Å². The lowest BCUT2D eigenvalue weighted by atomic mass is 9.98. The van der Waals surface area contributed by atoms with Crippen LogP contribution in [0.3, 0.4) is 0 Å². The predicted molar refractivity (Wildman–Crippen MR) is 244 cm³/mol. The van der Waals surface area contributed by atoms with E-state index in [1.165, 1.54) is 6.08 Å². The van der Waals surface area contributed by atoms with Gasteiger partial charge in [0.15, 0.2) is 0 Å². The zero-order chi connectivity index (χ0) is 45.2. The number of amides is 5. The number of carboxylic acid groups (broad SMARTS) is 1. The van der Waals surface area contributed by atoms with Crippen molar-refractivity contribution in [1.29, 1.82) is 0 Å². The molecule has 1 aromatic heterocycles. The summed E-state index contributed by atoms with van der Waals surface area (Å²) in [7, 11) is 2.65. The summed E-state index contributed by atoms with van der Waals surface area (Å²) in [6, 6.07) is 13.5. The van der Waals surface area contributed by atoms with Gasteiger partial charge in [0.2, 0.25) is 29.5 Å². The van der Waals surface area contributed by atoms with Crippen LogP contribution in [0.1, 0.15) is 118 Å². The molecule has 3 unspecified atom stereocenters. The van der Waals surface area contributed by atoms with Crippen LogP contribution >= 0.6 is 9.24 Å². The number of carboxylic acids is 1. The number of aliphatic carboxylic acids is 1. The van der Waals surface area contributed by atoms with Crippen molar-refractivity contribution in [2.45, 2.75) is 145 Å². The fourth-order valence-electron chi connectivity index (χ4n) is 6.47. The van der Waals surface area contributed by atoms with Gasteiger partial charge in [0, 0.05) is 62.0 Å². The number of aromatic nitrogens is 1. The second-order valence-electron chi connectivity index (χ2n) is 14.5. The van der Waals surface area contributed by atoms with Gasteiger partial charge < -0.3 is 35.8 Å². The Labute approximate surface area is 360 Å². The molecule has 0 saturated heterocycles. The number of benzene rings is 2. The molecule has 1 heterocycles. The van der Waals surface area contributed by atoms with E-state index in [1.54, 1.807) is 11.8 Å². The van der Waals surface area contributed by atoms with Gasteiger partial charge in [-0.05, 0) is 67.4 Å². The highest BCUT2D eigenvalue weighted by Gasteiger charge is 2.27. The van der Waals surface area contributed by atoms with Crippen LogP contribution in [0.15, 0.2) is 67.4 Å². The molecule has 332 valence electrons. The van der Waals surface area contributed by atoms with Gasteiger partial charge in [-0.25, -0.2) is 0 Å². The van der Waals surface area contributed by atoms with E-state index >= 15 is 0 Å². The van der Waals surface area contributed by atoms with Crippen LogP contribution in [-0.2, 0) is 48.4 Å². The lowest BCUT2D eigenvalue weighted by Gasteiger charge is -2.27. The molecular formula is C46H71N6O7P. The van der Waals surface area contributed by atoms with Crippen molar-refractivity contribution < 1.29 is 33.9 Å². The summed E-state index contributed by atoms with van der Waals surface area (Å²) in [4.78, 5) is 78.3. The molecule has 0 saturated carbocycles. The molecule has 60 heavy (non-hydrogen) atoms. The Morgan fingerprint density at radius 3 is 2.10 bits per heavy atom. The summed E-state index contributed by atoms with van der Waals surface area (Å²) >= 11 is 0. The van der Waals surface area contributed by atoms with Crippen molar-refractivity contribution in [3.63, 3.8) is 0 Å². The van der Waals surface area contributed by atoms with Crippen molar-refractivity contribution in [2.75, 3.05) is 6.54 Å². The van der Waals surface area contributed by atoms with E-state index in [2.05, 4.69) is 37.1 Å². The van der Waals surface area contributed by atoms with Gasteiger partial charge in [-0.15, -0.1) is 15.8 Å². The molecule has 14 heteroatoms. The Morgan fingerprint density at radius 2 is 1.50 bits per heavy atom. The van der Waals surface area contributed by atoms with Crippen LogP contribution in [0.4, 0.5) is 0 Å². The first-order valence-corrected chi connectivity index (χ1v) is 22.0. The minimum absolute atomic E-state index is 0.0330. The van der Waals surface area contributed by atoms with Crippen LogP contribution in [0.5, 0.6) is 0 Å². The van der Waals surface area contributed by atoms with E-state index < -0.39 is 35.8 Å². The summed E-state index contributed by atoms with van der Waals surface area (Å²) in [6.45, 7) is 20.8. The minimum atomic E-state index is -1.00.